The van der Waals surface area contributed by atoms with Crippen LogP contribution in [0, 0.1) is 0 Å². The molecular formula is C20H22N2O2S. The number of thioether (sulfide) groups is 1. The van der Waals surface area contributed by atoms with Gasteiger partial charge in [-0.2, -0.15) is 11.8 Å². The maximum Gasteiger partial charge on any atom is 0.327 e. The van der Waals surface area contributed by atoms with Crippen molar-refractivity contribution in [2.75, 3.05) is 16.4 Å². The fraction of sp³-hybridized carbons (Fsp3) is 0.250. The second kappa shape index (κ2) is 8.12. The number of benzene rings is 2. The number of H-pyrrole nitrogens is 1. The minimum Gasteiger partial charge on any atom is -0.480 e. The van der Waals surface area contributed by atoms with Crippen LogP contribution in [-0.2, 0) is 11.3 Å². The highest BCUT2D eigenvalue weighted by atomic mass is 32.2. The van der Waals surface area contributed by atoms with E-state index >= 15 is 0 Å². The van der Waals surface area contributed by atoms with Gasteiger partial charge >= 0.3 is 5.97 Å². The van der Waals surface area contributed by atoms with Gasteiger partial charge in [0.2, 0.25) is 0 Å². The van der Waals surface area contributed by atoms with Gasteiger partial charge in [0.25, 0.3) is 0 Å². The summed E-state index contributed by atoms with van der Waals surface area (Å²) in [6, 6.07) is 19.5. The fourth-order valence-corrected chi connectivity index (χ4v) is 3.66. The Bertz CT molecular complexity index is 799. The molecule has 0 saturated carbocycles. The highest BCUT2D eigenvalue weighted by molar-refractivity contribution is 7.99. The summed E-state index contributed by atoms with van der Waals surface area (Å²) in [4.78, 5) is 17.3. The van der Waals surface area contributed by atoms with Crippen LogP contribution in [0.25, 0.3) is 10.9 Å². The number of aliphatic carboxylic acids is 1. The first-order chi connectivity index (χ1) is 12.2. The van der Waals surface area contributed by atoms with Crippen LogP contribution < -0.4 is 4.90 Å². The number of rotatable bonds is 8. The van der Waals surface area contributed by atoms with Crippen LogP contribution in [0.4, 0.5) is 5.82 Å². The van der Waals surface area contributed by atoms with E-state index in [1.807, 2.05) is 72.5 Å². The number of fused-ring (bicyclic) bond motifs is 1. The molecule has 130 valence electrons. The van der Waals surface area contributed by atoms with Crippen molar-refractivity contribution in [1.29, 1.82) is 0 Å². The van der Waals surface area contributed by atoms with Crippen molar-refractivity contribution >= 4 is 34.5 Å². The lowest BCUT2D eigenvalue weighted by Crippen LogP contribution is -2.43. The summed E-state index contributed by atoms with van der Waals surface area (Å²) in [6.07, 6.45) is 0. The predicted octanol–water partition coefficient (Wildman–Crippen LogP) is 4.38. The van der Waals surface area contributed by atoms with E-state index < -0.39 is 12.0 Å². The number of nitrogens with one attached hydrogen (secondary N) is 1. The second-order valence-corrected chi connectivity index (χ2v) is 7.19. The van der Waals surface area contributed by atoms with Crippen molar-refractivity contribution < 1.29 is 9.90 Å². The van der Waals surface area contributed by atoms with E-state index in [4.69, 9.17) is 0 Å². The second-order valence-electron chi connectivity index (χ2n) is 5.87. The standard InChI is InChI=1S/C20H22N2O2S/c1-2-25-14-18(20(23)24)22(13-15-8-4-3-5-9-15)19-12-16-10-6-7-11-17(16)21-19/h3-12,18,21H,2,13-14H2,1H3,(H,23,24)/t18-/m0/s1. The quantitative estimate of drug-likeness (QED) is 0.630. The van der Waals surface area contributed by atoms with Crippen molar-refractivity contribution in [3.63, 3.8) is 0 Å². The molecule has 0 saturated heterocycles. The van der Waals surface area contributed by atoms with E-state index in [2.05, 4.69) is 4.98 Å². The summed E-state index contributed by atoms with van der Waals surface area (Å²) in [5, 5.41) is 10.9. The molecule has 0 aliphatic rings. The van der Waals surface area contributed by atoms with Crippen molar-refractivity contribution in [2.24, 2.45) is 0 Å². The third-order valence-electron chi connectivity index (χ3n) is 4.16. The molecule has 3 aromatic rings. The summed E-state index contributed by atoms with van der Waals surface area (Å²) in [5.74, 6) is 1.49. The predicted molar refractivity (Wildman–Crippen MR) is 105 cm³/mol. The van der Waals surface area contributed by atoms with Gasteiger partial charge in [-0.05, 0) is 23.4 Å². The van der Waals surface area contributed by atoms with Gasteiger partial charge in [-0.1, -0.05) is 55.5 Å². The Morgan fingerprint density at radius 1 is 1.16 bits per heavy atom. The van der Waals surface area contributed by atoms with E-state index in [0.29, 0.717) is 12.3 Å². The van der Waals surface area contributed by atoms with Crippen molar-refractivity contribution in [1.82, 2.24) is 4.98 Å². The number of carboxylic acids is 1. The number of nitrogens with zero attached hydrogens (tertiary/aromatic N) is 1. The average molecular weight is 354 g/mol. The molecule has 5 heteroatoms. The number of aromatic nitrogens is 1. The summed E-state index contributed by atoms with van der Waals surface area (Å²) >= 11 is 1.65. The van der Waals surface area contributed by atoms with Gasteiger partial charge in [-0.3, -0.25) is 0 Å². The maximum atomic E-state index is 12.0. The van der Waals surface area contributed by atoms with Gasteiger partial charge in [0, 0.05) is 23.2 Å². The maximum absolute atomic E-state index is 12.0. The van der Waals surface area contributed by atoms with Crippen LogP contribution in [0.15, 0.2) is 60.7 Å². The average Bonchev–Trinajstić information content (AvgIpc) is 3.05. The summed E-state index contributed by atoms with van der Waals surface area (Å²) in [7, 11) is 0. The van der Waals surface area contributed by atoms with Crippen LogP contribution >= 0.6 is 11.8 Å². The normalized spacial score (nSPS) is 12.2. The Morgan fingerprint density at radius 3 is 2.56 bits per heavy atom. The van der Waals surface area contributed by atoms with Crippen LogP contribution in [-0.4, -0.2) is 33.6 Å². The topological polar surface area (TPSA) is 56.3 Å². The molecule has 0 fully saturated rings. The van der Waals surface area contributed by atoms with Gasteiger partial charge in [0.1, 0.15) is 11.9 Å². The number of anilines is 1. The summed E-state index contributed by atoms with van der Waals surface area (Å²) in [5.41, 5.74) is 2.11. The number of carbonyl (C=O) groups is 1. The summed E-state index contributed by atoms with van der Waals surface area (Å²) in [6.45, 7) is 2.60. The molecule has 1 aromatic heterocycles. The van der Waals surface area contributed by atoms with E-state index in [1.165, 1.54) is 0 Å². The Labute approximate surface area is 151 Å². The fourth-order valence-electron chi connectivity index (χ4n) is 2.88. The number of aromatic amines is 1. The smallest absolute Gasteiger partial charge is 0.327 e. The lowest BCUT2D eigenvalue weighted by molar-refractivity contribution is -0.138. The zero-order valence-electron chi connectivity index (χ0n) is 14.2. The molecule has 0 aliphatic heterocycles. The third-order valence-corrected chi connectivity index (χ3v) is 5.12. The van der Waals surface area contributed by atoms with Gasteiger partial charge in [-0.25, -0.2) is 4.79 Å². The molecule has 0 aliphatic carbocycles. The lowest BCUT2D eigenvalue weighted by atomic mass is 10.1. The minimum absolute atomic E-state index is 0.550. The number of para-hydroxylation sites is 1. The molecule has 0 unspecified atom stereocenters. The number of hydrogen-bond donors (Lipinski definition) is 2. The lowest BCUT2D eigenvalue weighted by Gasteiger charge is -2.29. The van der Waals surface area contributed by atoms with Crippen molar-refractivity contribution in [3.8, 4) is 0 Å². The molecule has 2 N–H and O–H groups in total. The van der Waals surface area contributed by atoms with E-state index in [0.717, 1.165) is 28.0 Å². The summed E-state index contributed by atoms with van der Waals surface area (Å²) < 4.78 is 0. The monoisotopic (exact) mass is 354 g/mol. The number of hydrogen-bond acceptors (Lipinski definition) is 3. The van der Waals surface area contributed by atoms with E-state index in [-0.39, 0.29) is 0 Å². The minimum atomic E-state index is -0.796. The molecule has 1 heterocycles. The van der Waals surface area contributed by atoms with Crippen LogP contribution in [0.2, 0.25) is 0 Å². The molecule has 1 atom stereocenters. The van der Waals surface area contributed by atoms with Crippen LogP contribution in [0.3, 0.4) is 0 Å². The van der Waals surface area contributed by atoms with Crippen LogP contribution in [0.1, 0.15) is 12.5 Å². The molecule has 25 heavy (non-hydrogen) atoms. The molecule has 0 radical (unpaired) electrons. The Balaban J connectivity index is 1.98. The zero-order chi connectivity index (χ0) is 17.6. The third kappa shape index (κ3) is 4.17. The van der Waals surface area contributed by atoms with Gasteiger partial charge in [-0.15, -0.1) is 0 Å². The molecule has 3 rings (SSSR count). The highest BCUT2D eigenvalue weighted by Gasteiger charge is 2.27. The zero-order valence-corrected chi connectivity index (χ0v) is 15.0. The van der Waals surface area contributed by atoms with Gasteiger partial charge in [0.05, 0.1) is 0 Å². The van der Waals surface area contributed by atoms with Gasteiger partial charge < -0.3 is 15.0 Å². The SMILES string of the molecule is CCSC[C@@H](C(=O)O)N(Cc1ccccc1)c1cc2ccccc2[nH]1. The van der Waals surface area contributed by atoms with Crippen LogP contribution in [0.5, 0.6) is 0 Å². The van der Waals surface area contributed by atoms with Crippen molar-refractivity contribution in [3.05, 3.63) is 66.2 Å². The Kier molecular flexibility index (Phi) is 5.66. The molecule has 0 spiro atoms. The van der Waals surface area contributed by atoms with E-state index in [9.17, 15) is 9.90 Å². The molecule has 0 amide bonds. The van der Waals surface area contributed by atoms with Gasteiger partial charge in [0.15, 0.2) is 0 Å². The largest absolute Gasteiger partial charge is 0.480 e. The highest BCUT2D eigenvalue weighted by Crippen LogP contribution is 2.26. The van der Waals surface area contributed by atoms with Crippen molar-refractivity contribution in [2.45, 2.75) is 19.5 Å². The Morgan fingerprint density at radius 2 is 1.88 bits per heavy atom. The molecule has 2 aromatic carbocycles. The first kappa shape index (κ1) is 17.4. The molecule has 0 bridgehead atoms. The van der Waals surface area contributed by atoms with E-state index in [1.54, 1.807) is 11.8 Å². The Hall–Kier alpha value is -2.40. The molecule has 4 nitrogen and oxygen atoms in total. The molecular weight excluding hydrogens is 332 g/mol. The first-order valence-corrected chi connectivity index (χ1v) is 9.53. The first-order valence-electron chi connectivity index (χ1n) is 8.38. The number of carboxylic acid groups (broad SMARTS) is 1.